The molecule has 0 amide bonds. The van der Waals surface area contributed by atoms with Crippen molar-refractivity contribution < 1.29 is 9.47 Å². The number of nitrogens with one attached hydrogen (secondary N) is 1. The summed E-state index contributed by atoms with van der Waals surface area (Å²) in [4.78, 5) is 2.63. The lowest BCUT2D eigenvalue weighted by Gasteiger charge is -2.37. The first-order valence-corrected chi connectivity index (χ1v) is 8.20. The predicted molar refractivity (Wildman–Crippen MR) is 81.6 cm³/mol. The Morgan fingerprint density at radius 1 is 1.14 bits per heavy atom. The lowest BCUT2D eigenvalue weighted by Crippen LogP contribution is -2.47. The summed E-state index contributed by atoms with van der Waals surface area (Å²) in [5.41, 5.74) is 1.33. The van der Waals surface area contributed by atoms with Crippen LogP contribution in [-0.2, 0) is 6.54 Å². The number of hydrogen-bond acceptors (Lipinski definition) is 4. The van der Waals surface area contributed by atoms with Crippen LogP contribution in [0.3, 0.4) is 0 Å². The third-order valence-corrected chi connectivity index (χ3v) is 5.19. The molecular weight excluding hydrogens is 264 g/mol. The van der Waals surface area contributed by atoms with Crippen LogP contribution in [0.15, 0.2) is 18.2 Å². The van der Waals surface area contributed by atoms with Crippen LogP contribution in [0.4, 0.5) is 0 Å². The van der Waals surface area contributed by atoms with Crippen molar-refractivity contribution in [2.45, 2.75) is 57.3 Å². The zero-order valence-corrected chi connectivity index (χ0v) is 12.7. The first kappa shape index (κ1) is 13.4. The summed E-state index contributed by atoms with van der Waals surface area (Å²) in [5.74, 6) is 1.77. The molecule has 2 atom stereocenters. The Bertz CT molecular complexity index is 508. The van der Waals surface area contributed by atoms with E-state index < -0.39 is 0 Å². The fourth-order valence-corrected chi connectivity index (χ4v) is 4.10. The van der Waals surface area contributed by atoms with Crippen molar-refractivity contribution in [3.05, 3.63) is 23.8 Å². The minimum absolute atomic E-state index is 0.355. The van der Waals surface area contributed by atoms with Crippen LogP contribution < -0.4 is 14.8 Å². The van der Waals surface area contributed by atoms with Crippen molar-refractivity contribution in [2.24, 2.45) is 0 Å². The van der Waals surface area contributed by atoms with Gasteiger partial charge in [-0.3, -0.25) is 4.90 Å². The van der Waals surface area contributed by atoms with Gasteiger partial charge in [-0.1, -0.05) is 13.0 Å². The molecule has 2 unspecified atom stereocenters. The first-order valence-electron chi connectivity index (χ1n) is 8.20. The Morgan fingerprint density at radius 2 is 1.90 bits per heavy atom. The van der Waals surface area contributed by atoms with Gasteiger partial charge in [0.15, 0.2) is 11.5 Å². The van der Waals surface area contributed by atoms with Crippen molar-refractivity contribution in [2.75, 3.05) is 13.3 Å². The van der Waals surface area contributed by atoms with E-state index in [0.717, 1.165) is 42.7 Å². The highest BCUT2D eigenvalue weighted by atomic mass is 16.7. The average molecular weight is 288 g/mol. The minimum Gasteiger partial charge on any atom is -0.454 e. The molecule has 0 saturated carbocycles. The molecule has 3 heterocycles. The Balaban J connectivity index is 1.46. The normalized spacial score (nSPS) is 30.1. The average Bonchev–Trinajstić information content (AvgIpc) is 3.10. The second-order valence-corrected chi connectivity index (χ2v) is 6.51. The molecule has 2 saturated heterocycles. The highest BCUT2D eigenvalue weighted by Gasteiger charge is 2.35. The molecule has 114 valence electrons. The molecule has 4 nitrogen and oxygen atoms in total. The molecule has 2 bridgehead atoms. The van der Waals surface area contributed by atoms with E-state index in [4.69, 9.17) is 9.47 Å². The molecule has 1 aromatic carbocycles. The molecule has 0 aromatic heterocycles. The number of nitrogens with zero attached hydrogens (tertiary/aromatic N) is 1. The lowest BCUT2D eigenvalue weighted by molar-refractivity contribution is 0.140. The summed E-state index contributed by atoms with van der Waals surface area (Å²) in [6.07, 6.45) is 5.33. The zero-order chi connectivity index (χ0) is 14.2. The van der Waals surface area contributed by atoms with Crippen molar-refractivity contribution in [1.29, 1.82) is 0 Å². The van der Waals surface area contributed by atoms with Gasteiger partial charge in [-0.05, 0) is 49.9 Å². The van der Waals surface area contributed by atoms with Crippen molar-refractivity contribution in [3.8, 4) is 11.5 Å². The molecule has 2 fully saturated rings. The van der Waals surface area contributed by atoms with Gasteiger partial charge in [0.1, 0.15) is 0 Å². The van der Waals surface area contributed by atoms with E-state index in [1.54, 1.807) is 0 Å². The van der Waals surface area contributed by atoms with Crippen LogP contribution in [0.5, 0.6) is 11.5 Å². The summed E-state index contributed by atoms with van der Waals surface area (Å²) >= 11 is 0. The van der Waals surface area contributed by atoms with Crippen LogP contribution >= 0.6 is 0 Å². The molecule has 21 heavy (non-hydrogen) atoms. The van der Waals surface area contributed by atoms with Gasteiger partial charge in [-0.2, -0.15) is 0 Å². The van der Waals surface area contributed by atoms with Gasteiger partial charge in [-0.25, -0.2) is 0 Å². The number of fused-ring (bicyclic) bond motifs is 3. The third kappa shape index (κ3) is 2.62. The molecule has 0 radical (unpaired) electrons. The first-order chi connectivity index (χ1) is 10.3. The fraction of sp³-hybridized carbons (Fsp3) is 0.647. The molecule has 0 aliphatic carbocycles. The Hall–Kier alpha value is -1.26. The SMILES string of the molecule is CCN(Cc1ccc2c(c1)OCO2)C1CC2CCC(C1)N2. The number of hydrogen-bond donors (Lipinski definition) is 1. The third-order valence-electron chi connectivity index (χ3n) is 5.19. The number of piperidine rings is 1. The minimum atomic E-state index is 0.355. The smallest absolute Gasteiger partial charge is 0.231 e. The zero-order valence-electron chi connectivity index (χ0n) is 12.7. The predicted octanol–water partition coefficient (Wildman–Crippen LogP) is 2.52. The van der Waals surface area contributed by atoms with Crippen molar-refractivity contribution in [1.82, 2.24) is 10.2 Å². The Morgan fingerprint density at radius 3 is 2.67 bits per heavy atom. The standard InChI is InChI=1S/C17H24N2O2/c1-2-19(15-8-13-4-5-14(9-15)18-13)10-12-3-6-16-17(7-12)21-11-20-16/h3,6-7,13-15,18H,2,4-5,8-11H2,1H3. The maximum absolute atomic E-state index is 5.49. The van der Waals surface area contributed by atoms with E-state index in [-0.39, 0.29) is 0 Å². The van der Waals surface area contributed by atoms with E-state index in [1.807, 2.05) is 6.07 Å². The Kier molecular flexibility index (Phi) is 3.51. The number of ether oxygens (including phenoxy) is 2. The van der Waals surface area contributed by atoms with Gasteiger partial charge in [0.25, 0.3) is 0 Å². The second-order valence-electron chi connectivity index (χ2n) is 6.51. The van der Waals surface area contributed by atoms with E-state index >= 15 is 0 Å². The van der Waals surface area contributed by atoms with Crippen LogP contribution in [-0.4, -0.2) is 36.4 Å². The van der Waals surface area contributed by atoms with Gasteiger partial charge in [0, 0.05) is 24.7 Å². The summed E-state index contributed by atoms with van der Waals surface area (Å²) in [5, 5.41) is 3.73. The molecule has 1 aromatic rings. The molecule has 4 heteroatoms. The lowest BCUT2D eigenvalue weighted by atomic mass is 9.97. The summed E-state index contributed by atoms with van der Waals surface area (Å²) < 4.78 is 10.9. The maximum atomic E-state index is 5.49. The van der Waals surface area contributed by atoms with Crippen LogP contribution in [0.25, 0.3) is 0 Å². The topological polar surface area (TPSA) is 33.7 Å². The summed E-state index contributed by atoms with van der Waals surface area (Å²) in [7, 11) is 0. The monoisotopic (exact) mass is 288 g/mol. The highest BCUT2D eigenvalue weighted by Crippen LogP contribution is 2.34. The van der Waals surface area contributed by atoms with E-state index in [9.17, 15) is 0 Å². The molecule has 3 aliphatic rings. The number of rotatable bonds is 4. The highest BCUT2D eigenvalue weighted by molar-refractivity contribution is 5.44. The van der Waals surface area contributed by atoms with Gasteiger partial charge in [-0.15, -0.1) is 0 Å². The molecule has 1 N–H and O–H groups in total. The quantitative estimate of drug-likeness (QED) is 0.923. The van der Waals surface area contributed by atoms with Gasteiger partial charge in [0.05, 0.1) is 0 Å². The van der Waals surface area contributed by atoms with Gasteiger partial charge < -0.3 is 14.8 Å². The van der Waals surface area contributed by atoms with E-state index in [2.05, 4.69) is 29.3 Å². The molecule has 0 spiro atoms. The van der Waals surface area contributed by atoms with Crippen LogP contribution in [0, 0.1) is 0 Å². The fourth-order valence-electron chi connectivity index (χ4n) is 4.10. The molecular formula is C17H24N2O2. The summed E-state index contributed by atoms with van der Waals surface area (Å²) in [6, 6.07) is 8.57. The molecule has 3 aliphatic heterocycles. The van der Waals surface area contributed by atoms with E-state index in [1.165, 1.54) is 31.2 Å². The van der Waals surface area contributed by atoms with Crippen LogP contribution in [0.1, 0.15) is 38.2 Å². The Labute approximate surface area is 126 Å². The largest absolute Gasteiger partial charge is 0.454 e. The van der Waals surface area contributed by atoms with Crippen molar-refractivity contribution in [3.63, 3.8) is 0 Å². The van der Waals surface area contributed by atoms with Gasteiger partial charge in [0.2, 0.25) is 6.79 Å². The van der Waals surface area contributed by atoms with Crippen LogP contribution in [0.2, 0.25) is 0 Å². The maximum Gasteiger partial charge on any atom is 0.231 e. The second kappa shape index (κ2) is 5.50. The molecule has 4 rings (SSSR count). The van der Waals surface area contributed by atoms with E-state index in [0.29, 0.717) is 6.79 Å². The number of benzene rings is 1. The van der Waals surface area contributed by atoms with Gasteiger partial charge >= 0.3 is 0 Å². The summed E-state index contributed by atoms with van der Waals surface area (Å²) in [6.45, 7) is 4.75. The van der Waals surface area contributed by atoms with Crippen molar-refractivity contribution >= 4 is 0 Å².